The molecule has 1 heterocycles. The summed E-state index contributed by atoms with van der Waals surface area (Å²) in [5.74, 6) is 1.08. The maximum absolute atomic E-state index is 13.0. The number of carbonyl (C=O) groups is 1. The minimum atomic E-state index is 0.0192. The summed E-state index contributed by atoms with van der Waals surface area (Å²) >= 11 is 0. The molecule has 4 nitrogen and oxygen atoms in total. The molecule has 1 aromatic carbocycles. The van der Waals surface area contributed by atoms with Gasteiger partial charge in [0.2, 0.25) is 0 Å². The number of rotatable bonds is 2. The molecule has 0 saturated heterocycles. The van der Waals surface area contributed by atoms with Gasteiger partial charge in [0, 0.05) is 17.5 Å². The fourth-order valence-electron chi connectivity index (χ4n) is 4.88. The summed E-state index contributed by atoms with van der Waals surface area (Å²) in [4.78, 5) is 17.6. The smallest absolute Gasteiger partial charge is 0.253 e. The lowest BCUT2D eigenvalue weighted by Gasteiger charge is -2.45. The van der Waals surface area contributed by atoms with Crippen LogP contribution >= 0.6 is 0 Å². The van der Waals surface area contributed by atoms with Crippen molar-refractivity contribution in [1.82, 2.24) is 10.3 Å². The van der Waals surface area contributed by atoms with Crippen LogP contribution in [-0.4, -0.2) is 23.0 Å². The number of hydrogen-bond acceptors (Lipinski definition) is 3. The van der Waals surface area contributed by atoms with E-state index in [1.807, 2.05) is 19.1 Å². The third-order valence-corrected chi connectivity index (χ3v) is 6.08. The summed E-state index contributed by atoms with van der Waals surface area (Å²) in [6.45, 7) is 3.98. The van der Waals surface area contributed by atoms with E-state index in [9.17, 15) is 4.79 Å². The Hall–Kier alpha value is -1.94. The monoisotopic (exact) mass is 337 g/mol. The molecule has 2 aromatic rings. The predicted molar refractivity (Wildman–Crippen MR) is 101 cm³/mol. The Balaban J connectivity index is 1.60. The Morgan fingerprint density at radius 3 is 2.60 bits per heavy atom. The van der Waals surface area contributed by atoms with Crippen molar-refractivity contribution in [3.63, 3.8) is 0 Å². The molecule has 1 aromatic heterocycles. The number of aryl methyl sites for hydroxylation is 2. The second-order valence-corrected chi connectivity index (χ2v) is 8.00. The molecule has 2 bridgehead atoms. The molecule has 2 unspecified atom stereocenters. The highest BCUT2D eigenvalue weighted by Gasteiger charge is 2.40. The average Bonchev–Trinajstić information content (AvgIpc) is 2.55. The number of benzene rings is 1. The summed E-state index contributed by atoms with van der Waals surface area (Å²) in [7, 11) is 0. The summed E-state index contributed by atoms with van der Waals surface area (Å²) < 4.78 is 0. The number of nitrogens with two attached hydrogens (primary N) is 1. The van der Waals surface area contributed by atoms with Gasteiger partial charge in [0.1, 0.15) is 0 Å². The summed E-state index contributed by atoms with van der Waals surface area (Å²) in [5, 5.41) is 4.37. The number of hydrogen-bond donors (Lipinski definition) is 2. The third-order valence-electron chi connectivity index (χ3n) is 6.08. The SMILES string of the molecule is Cc1ccc2nc(C)c(C(=O)NC3C4CCCC3CC(N)C4)cc2c1. The van der Waals surface area contributed by atoms with Crippen LogP contribution in [0.2, 0.25) is 0 Å². The highest BCUT2D eigenvalue weighted by molar-refractivity contribution is 5.98. The maximum atomic E-state index is 13.0. The first-order valence-electron chi connectivity index (χ1n) is 9.45. The molecule has 3 N–H and O–H groups in total. The van der Waals surface area contributed by atoms with Crippen LogP contribution in [0, 0.1) is 25.7 Å². The minimum absolute atomic E-state index is 0.0192. The molecule has 2 aliphatic rings. The largest absolute Gasteiger partial charge is 0.349 e. The van der Waals surface area contributed by atoms with E-state index in [1.165, 1.54) is 24.8 Å². The molecule has 2 saturated carbocycles. The fourth-order valence-corrected chi connectivity index (χ4v) is 4.88. The van der Waals surface area contributed by atoms with E-state index in [4.69, 9.17) is 5.73 Å². The molecule has 4 rings (SSSR count). The number of pyridine rings is 1. The first kappa shape index (κ1) is 16.5. The molecule has 1 amide bonds. The quantitative estimate of drug-likeness (QED) is 0.881. The van der Waals surface area contributed by atoms with E-state index < -0.39 is 0 Å². The molecule has 25 heavy (non-hydrogen) atoms. The van der Waals surface area contributed by atoms with Gasteiger partial charge in [0.25, 0.3) is 5.91 Å². The van der Waals surface area contributed by atoms with Gasteiger partial charge in [0.05, 0.1) is 16.8 Å². The van der Waals surface area contributed by atoms with E-state index >= 15 is 0 Å². The predicted octanol–water partition coefficient (Wildman–Crippen LogP) is 3.49. The Bertz CT molecular complexity index is 802. The number of nitrogens with one attached hydrogen (secondary N) is 1. The Morgan fingerprint density at radius 1 is 1.16 bits per heavy atom. The van der Waals surface area contributed by atoms with Gasteiger partial charge in [-0.15, -0.1) is 0 Å². The van der Waals surface area contributed by atoms with Crippen molar-refractivity contribution in [2.45, 2.75) is 58.0 Å². The summed E-state index contributed by atoms with van der Waals surface area (Å²) in [6, 6.07) is 8.73. The van der Waals surface area contributed by atoms with Crippen LogP contribution in [0.4, 0.5) is 0 Å². The van der Waals surface area contributed by atoms with Crippen LogP contribution in [-0.2, 0) is 0 Å². The number of aromatic nitrogens is 1. The van der Waals surface area contributed by atoms with Crippen molar-refractivity contribution in [3.05, 3.63) is 41.1 Å². The fraction of sp³-hybridized carbons (Fsp3) is 0.524. The van der Waals surface area contributed by atoms with E-state index in [0.29, 0.717) is 23.4 Å². The lowest BCUT2D eigenvalue weighted by molar-refractivity contribution is 0.0755. The van der Waals surface area contributed by atoms with Crippen molar-refractivity contribution in [3.8, 4) is 0 Å². The van der Waals surface area contributed by atoms with E-state index in [0.717, 1.165) is 29.4 Å². The van der Waals surface area contributed by atoms with Crippen LogP contribution in [0.5, 0.6) is 0 Å². The van der Waals surface area contributed by atoms with Crippen molar-refractivity contribution < 1.29 is 4.79 Å². The van der Waals surface area contributed by atoms with Crippen molar-refractivity contribution in [2.75, 3.05) is 0 Å². The number of amides is 1. The van der Waals surface area contributed by atoms with E-state index in [-0.39, 0.29) is 11.9 Å². The highest BCUT2D eigenvalue weighted by Crippen LogP contribution is 2.39. The zero-order valence-electron chi connectivity index (χ0n) is 15.1. The zero-order valence-corrected chi connectivity index (χ0v) is 15.1. The molecule has 132 valence electrons. The number of nitrogens with zero attached hydrogens (tertiary/aromatic N) is 1. The van der Waals surface area contributed by atoms with Gasteiger partial charge in [-0.05, 0) is 69.6 Å². The number of fused-ring (bicyclic) bond motifs is 3. The Labute approximate surface area is 149 Å². The van der Waals surface area contributed by atoms with Crippen LogP contribution in [0.15, 0.2) is 24.3 Å². The molecule has 2 aliphatic carbocycles. The lowest BCUT2D eigenvalue weighted by Crippen LogP contribution is -2.53. The molecular formula is C21H27N3O. The van der Waals surface area contributed by atoms with E-state index in [1.54, 1.807) is 0 Å². The maximum Gasteiger partial charge on any atom is 0.253 e. The van der Waals surface area contributed by atoms with Gasteiger partial charge < -0.3 is 11.1 Å². The van der Waals surface area contributed by atoms with Gasteiger partial charge in [-0.25, -0.2) is 0 Å². The molecule has 2 fully saturated rings. The van der Waals surface area contributed by atoms with Gasteiger partial charge in [-0.1, -0.05) is 18.1 Å². The minimum Gasteiger partial charge on any atom is -0.349 e. The molecule has 2 atom stereocenters. The molecular weight excluding hydrogens is 310 g/mol. The number of carbonyl (C=O) groups excluding carboxylic acids is 1. The second kappa shape index (κ2) is 6.41. The molecule has 0 spiro atoms. The van der Waals surface area contributed by atoms with Gasteiger partial charge >= 0.3 is 0 Å². The average molecular weight is 337 g/mol. The summed E-state index contributed by atoms with van der Waals surface area (Å²) in [5.41, 5.74) is 9.83. The van der Waals surface area contributed by atoms with Gasteiger partial charge in [-0.3, -0.25) is 9.78 Å². The van der Waals surface area contributed by atoms with Crippen LogP contribution < -0.4 is 11.1 Å². The second-order valence-electron chi connectivity index (χ2n) is 8.00. The van der Waals surface area contributed by atoms with Gasteiger partial charge in [-0.2, -0.15) is 0 Å². The lowest BCUT2D eigenvalue weighted by atomic mass is 9.67. The third kappa shape index (κ3) is 3.15. The van der Waals surface area contributed by atoms with Crippen LogP contribution in [0.3, 0.4) is 0 Å². The van der Waals surface area contributed by atoms with Crippen molar-refractivity contribution >= 4 is 16.8 Å². The molecule has 0 radical (unpaired) electrons. The van der Waals surface area contributed by atoms with Crippen molar-refractivity contribution in [1.29, 1.82) is 0 Å². The van der Waals surface area contributed by atoms with Crippen molar-refractivity contribution in [2.24, 2.45) is 17.6 Å². The van der Waals surface area contributed by atoms with Crippen LogP contribution in [0.1, 0.15) is 53.7 Å². The van der Waals surface area contributed by atoms with Gasteiger partial charge in [0.15, 0.2) is 0 Å². The van der Waals surface area contributed by atoms with E-state index in [2.05, 4.69) is 29.4 Å². The first-order chi connectivity index (χ1) is 12.0. The summed E-state index contributed by atoms with van der Waals surface area (Å²) in [6.07, 6.45) is 5.71. The molecule has 0 aliphatic heterocycles. The zero-order chi connectivity index (χ0) is 17.6. The highest BCUT2D eigenvalue weighted by atomic mass is 16.1. The standard InChI is InChI=1S/C21H27N3O/c1-12-6-7-19-16(8-12)11-18(13(2)23-19)21(25)24-20-14-4-3-5-15(20)10-17(22)9-14/h6-8,11,14-15,17,20H,3-5,9-10,22H2,1-2H3,(H,24,25). The molecule has 4 heteroatoms. The topological polar surface area (TPSA) is 68.0 Å². The Morgan fingerprint density at radius 2 is 1.88 bits per heavy atom. The normalized spacial score (nSPS) is 28.8. The van der Waals surface area contributed by atoms with Crippen LogP contribution in [0.25, 0.3) is 10.9 Å². The Kier molecular flexibility index (Phi) is 4.24. The first-order valence-corrected chi connectivity index (χ1v) is 9.45.